The summed E-state index contributed by atoms with van der Waals surface area (Å²) in [5, 5.41) is 10.1. The van der Waals surface area contributed by atoms with E-state index in [0.717, 1.165) is 10.0 Å². The van der Waals surface area contributed by atoms with Gasteiger partial charge in [0, 0.05) is 10.2 Å². The van der Waals surface area contributed by atoms with Crippen LogP contribution in [0.3, 0.4) is 0 Å². The van der Waals surface area contributed by atoms with Gasteiger partial charge in [0.15, 0.2) is 0 Å². The topological polar surface area (TPSA) is 46.2 Å². The van der Waals surface area contributed by atoms with E-state index in [9.17, 15) is 5.11 Å². The van der Waals surface area contributed by atoms with E-state index >= 15 is 0 Å². The largest absolute Gasteiger partial charge is 0.399 e. The summed E-state index contributed by atoms with van der Waals surface area (Å²) < 4.78 is 0.861. The molecule has 0 aliphatic carbocycles. The third-order valence-corrected chi connectivity index (χ3v) is 2.83. The fourth-order valence-corrected chi connectivity index (χ4v) is 1.84. The van der Waals surface area contributed by atoms with Crippen molar-refractivity contribution < 1.29 is 5.11 Å². The Kier molecular flexibility index (Phi) is 3.22. The number of benzene rings is 1. The lowest BCUT2D eigenvalue weighted by molar-refractivity contribution is 0.0621. The van der Waals surface area contributed by atoms with Crippen LogP contribution in [0.4, 0.5) is 5.69 Å². The molecule has 0 spiro atoms. The Hall–Kier alpha value is -0.540. The van der Waals surface area contributed by atoms with Gasteiger partial charge < -0.3 is 10.8 Å². The first-order chi connectivity index (χ1) is 6.32. The SMILES string of the molecule is CC(C)(C)C(O)c1ccc(N)cc1Br. The zero-order chi connectivity index (χ0) is 10.9. The van der Waals surface area contributed by atoms with Crippen molar-refractivity contribution in [3.8, 4) is 0 Å². The first-order valence-electron chi connectivity index (χ1n) is 4.55. The molecule has 1 aromatic carbocycles. The summed E-state index contributed by atoms with van der Waals surface area (Å²) in [6.45, 7) is 6.00. The van der Waals surface area contributed by atoms with Gasteiger partial charge in [-0.1, -0.05) is 42.8 Å². The van der Waals surface area contributed by atoms with Crippen LogP contribution < -0.4 is 5.73 Å². The molecule has 3 N–H and O–H groups in total. The highest BCUT2D eigenvalue weighted by molar-refractivity contribution is 9.10. The number of anilines is 1. The Morgan fingerprint density at radius 3 is 2.36 bits per heavy atom. The standard InChI is InChI=1S/C11H16BrNO/c1-11(2,3)10(14)8-5-4-7(13)6-9(8)12/h4-6,10,14H,13H2,1-3H3. The van der Waals surface area contributed by atoms with E-state index < -0.39 is 6.10 Å². The molecule has 0 saturated heterocycles. The summed E-state index contributed by atoms with van der Waals surface area (Å²) >= 11 is 3.40. The summed E-state index contributed by atoms with van der Waals surface area (Å²) in [7, 11) is 0. The summed E-state index contributed by atoms with van der Waals surface area (Å²) in [5.74, 6) is 0. The van der Waals surface area contributed by atoms with Crippen molar-refractivity contribution in [1.29, 1.82) is 0 Å². The van der Waals surface area contributed by atoms with Crippen LogP contribution >= 0.6 is 15.9 Å². The number of aliphatic hydroxyl groups is 1. The molecule has 0 aliphatic rings. The fourth-order valence-electron chi connectivity index (χ4n) is 1.23. The maximum atomic E-state index is 10.1. The van der Waals surface area contributed by atoms with E-state index in [1.165, 1.54) is 0 Å². The molecule has 0 amide bonds. The van der Waals surface area contributed by atoms with Crippen molar-refractivity contribution in [2.24, 2.45) is 5.41 Å². The second-order valence-electron chi connectivity index (χ2n) is 4.55. The first-order valence-corrected chi connectivity index (χ1v) is 5.34. The Morgan fingerprint density at radius 2 is 1.93 bits per heavy atom. The van der Waals surface area contributed by atoms with Crippen molar-refractivity contribution in [1.82, 2.24) is 0 Å². The van der Waals surface area contributed by atoms with Crippen LogP contribution in [0, 0.1) is 5.41 Å². The van der Waals surface area contributed by atoms with E-state index in [1.807, 2.05) is 32.9 Å². The van der Waals surface area contributed by atoms with E-state index in [0.29, 0.717) is 5.69 Å². The van der Waals surface area contributed by atoms with E-state index in [1.54, 1.807) is 6.07 Å². The predicted octanol–water partition coefficient (Wildman–Crippen LogP) is 3.11. The van der Waals surface area contributed by atoms with Gasteiger partial charge in [-0.2, -0.15) is 0 Å². The molecule has 0 radical (unpaired) electrons. The highest BCUT2D eigenvalue weighted by Gasteiger charge is 2.25. The monoisotopic (exact) mass is 257 g/mol. The number of halogens is 1. The second-order valence-corrected chi connectivity index (χ2v) is 5.40. The molecule has 0 aliphatic heterocycles. The molecular formula is C11H16BrNO. The summed E-state index contributed by atoms with van der Waals surface area (Å²) in [6.07, 6.45) is -0.488. The fraction of sp³-hybridized carbons (Fsp3) is 0.455. The number of aliphatic hydroxyl groups excluding tert-OH is 1. The van der Waals surface area contributed by atoms with Crippen molar-refractivity contribution in [2.75, 3.05) is 5.73 Å². The Labute approximate surface area is 93.3 Å². The number of rotatable bonds is 1. The zero-order valence-electron chi connectivity index (χ0n) is 8.71. The predicted molar refractivity (Wildman–Crippen MR) is 63.0 cm³/mol. The smallest absolute Gasteiger partial charge is 0.0849 e. The van der Waals surface area contributed by atoms with Gasteiger partial charge in [-0.15, -0.1) is 0 Å². The minimum Gasteiger partial charge on any atom is -0.399 e. The molecule has 0 bridgehead atoms. The third kappa shape index (κ3) is 2.49. The van der Waals surface area contributed by atoms with Crippen LogP contribution in [0.15, 0.2) is 22.7 Å². The Bertz CT molecular complexity index is 331. The molecule has 14 heavy (non-hydrogen) atoms. The van der Waals surface area contributed by atoms with Gasteiger partial charge in [-0.25, -0.2) is 0 Å². The lowest BCUT2D eigenvalue weighted by Gasteiger charge is -2.27. The molecule has 0 heterocycles. The molecule has 1 atom stereocenters. The molecule has 78 valence electrons. The van der Waals surface area contributed by atoms with Crippen LogP contribution in [0.25, 0.3) is 0 Å². The van der Waals surface area contributed by atoms with Crippen molar-refractivity contribution >= 4 is 21.6 Å². The maximum absolute atomic E-state index is 10.1. The van der Waals surface area contributed by atoms with Crippen LogP contribution in [0.1, 0.15) is 32.4 Å². The van der Waals surface area contributed by atoms with Crippen molar-refractivity contribution in [3.05, 3.63) is 28.2 Å². The molecule has 1 rings (SSSR count). The maximum Gasteiger partial charge on any atom is 0.0849 e. The number of hydrogen-bond donors (Lipinski definition) is 2. The Balaban J connectivity index is 3.08. The van der Waals surface area contributed by atoms with Gasteiger partial charge in [0.1, 0.15) is 0 Å². The lowest BCUT2D eigenvalue weighted by atomic mass is 9.85. The van der Waals surface area contributed by atoms with Gasteiger partial charge in [-0.05, 0) is 23.1 Å². The first kappa shape index (κ1) is 11.5. The molecule has 1 unspecified atom stereocenters. The van der Waals surface area contributed by atoms with Crippen LogP contribution in [-0.4, -0.2) is 5.11 Å². The molecular weight excluding hydrogens is 242 g/mol. The van der Waals surface area contributed by atoms with Crippen LogP contribution in [0.2, 0.25) is 0 Å². The number of nitrogen functional groups attached to an aromatic ring is 1. The van der Waals surface area contributed by atoms with E-state index in [-0.39, 0.29) is 5.41 Å². The second kappa shape index (κ2) is 3.91. The summed E-state index contributed by atoms with van der Waals surface area (Å²) in [4.78, 5) is 0. The van der Waals surface area contributed by atoms with Crippen LogP contribution in [0.5, 0.6) is 0 Å². The molecule has 0 aromatic heterocycles. The minimum absolute atomic E-state index is 0.168. The number of hydrogen-bond acceptors (Lipinski definition) is 2. The zero-order valence-corrected chi connectivity index (χ0v) is 10.3. The molecule has 2 nitrogen and oxygen atoms in total. The van der Waals surface area contributed by atoms with Gasteiger partial charge in [0.05, 0.1) is 6.10 Å². The molecule has 0 fully saturated rings. The quantitative estimate of drug-likeness (QED) is 0.760. The summed E-state index contributed by atoms with van der Waals surface area (Å²) in [5.41, 5.74) is 7.03. The molecule has 3 heteroatoms. The minimum atomic E-state index is -0.488. The lowest BCUT2D eigenvalue weighted by Crippen LogP contribution is -2.18. The van der Waals surface area contributed by atoms with E-state index in [2.05, 4.69) is 15.9 Å². The average molecular weight is 258 g/mol. The van der Waals surface area contributed by atoms with Crippen molar-refractivity contribution in [3.63, 3.8) is 0 Å². The van der Waals surface area contributed by atoms with Gasteiger partial charge in [0.2, 0.25) is 0 Å². The van der Waals surface area contributed by atoms with Gasteiger partial charge in [0.25, 0.3) is 0 Å². The normalized spacial score (nSPS) is 14.1. The Morgan fingerprint density at radius 1 is 1.36 bits per heavy atom. The van der Waals surface area contributed by atoms with Gasteiger partial charge >= 0.3 is 0 Å². The highest BCUT2D eigenvalue weighted by Crippen LogP contribution is 2.36. The highest BCUT2D eigenvalue weighted by atomic mass is 79.9. The van der Waals surface area contributed by atoms with Crippen molar-refractivity contribution in [2.45, 2.75) is 26.9 Å². The van der Waals surface area contributed by atoms with Crippen LogP contribution in [-0.2, 0) is 0 Å². The van der Waals surface area contributed by atoms with Gasteiger partial charge in [-0.3, -0.25) is 0 Å². The average Bonchev–Trinajstić information content (AvgIpc) is 2.01. The summed E-state index contributed by atoms with van der Waals surface area (Å²) in [6, 6.07) is 5.47. The third-order valence-electron chi connectivity index (χ3n) is 2.14. The molecule has 0 saturated carbocycles. The van der Waals surface area contributed by atoms with E-state index in [4.69, 9.17) is 5.73 Å². The molecule has 1 aromatic rings. The number of nitrogens with two attached hydrogens (primary N) is 1.